The van der Waals surface area contributed by atoms with Crippen molar-refractivity contribution in [1.82, 2.24) is 24.9 Å². The Labute approximate surface area is 157 Å². The third-order valence-electron chi connectivity index (χ3n) is 5.61. The van der Waals surface area contributed by atoms with Crippen LogP contribution in [0.2, 0.25) is 0 Å². The van der Waals surface area contributed by atoms with Crippen LogP contribution in [0.25, 0.3) is 15.9 Å². The van der Waals surface area contributed by atoms with E-state index in [0.29, 0.717) is 12.6 Å². The summed E-state index contributed by atoms with van der Waals surface area (Å²) in [6.07, 6.45) is 9.27. The van der Waals surface area contributed by atoms with Crippen LogP contribution in [0.15, 0.2) is 6.33 Å². The minimum Gasteiger partial charge on any atom is -0.370 e. The van der Waals surface area contributed by atoms with Crippen molar-refractivity contribution < 1.29 is 4.74 Å². The van der Waals surface area contributed by atoms with Gasteiger partial charge >= 0.3 is 0 Å². The van der Waals surface area contributed by atoms with Crippen molar-refractivity contribution in [1.29, 1.82) is 0 Å². The highest BCUT2D eigenvalue weighted by Crippen LogP contribution is 2.39. The van der Waals surface area contributed by atoms with Crippen molar-refractivity contribution in [2.24, 2.45) is 0 Å². The number of ether oxygens (including phenoxy) is 1. The van der Waals surface area contributed by atoms with Crippen molar-refractivity contribution >= 4 is 27.2 Å². The third kappa shape index (κ3) is 2.92. The number of thiophene rings is 1. The Morgan fingerprint density at radius 2 is 2.15 bits per heavy atom. The van der Waals surface area contributed by atoms with E-state index in [-0.39, 0.29) is 5.60 Å². The van der Waals surface area contributed by atoms with Gasteiger partial charge in [0.25, 0.3) is 0 Å². The van der Waals surface area contributed by atoms with Gasteiger partial charge in [-0.05, 0) is 32.3 Å². The van der Waals surface area contributed by atoms with Gasteiger partial charge in [-0.15, -0.1) is 16.4 Å². The summed E-state index contributed by atoms with van der Waals surface area (Å²) in [6, 6.07) is 0.611. The summed E-state index contributed by atoms with van der Waals surface area (Å²) < 4.78 is 7.82. The van der Waals surface area contributed by atoms with Gasteiger partial charge in [0.05, 0.1) is 24.1 Å². The predicted octanol–water partition coefficient (Wildman–Crippen LogP) is 3.61. The number of rotatable bonds is 3. The summed E-state index contributed by atoms with van der Waals surface area (Å²) in [7, 11) is 0. The van der Waals surface area contributed by atoms with E-state index >= 15 is 0 Å². The van der Waals surface area contributed by atoms with E-state index in [9.17, 15) is 0 Å². The maximum atomic E-state index is 5.97. The lowest BCUT2D eigenvalue weighted by Crippen LogP contribution is -2.31. The first kappa shape index (κ1) is 16.6. The second kappa shape index (κ2) is 6.25. The van der Waals surface area contributed by atoms with E-state index in [1.165, 1.54) is 47.9 Å². The standard InChI is InChI=1S/C19H25N5OS/c1-19(2)8-13-14(10-25-19)26-18-16(13)17-22-15(23-24(17)11-21-18)9-20-12-6-4-3-5-7-12/h11-12,20H,3-10H2,1-2H3. The molecule has 3 aromatic rings. The fourth-order valence-electron chi connectivity index (χ4n) is 4.20. The van der Waals surface area contributed by atoms with Gasteiger partial charge < -0.3 is 10.1 Å². The van der Waals surface area contributed by atoms with Crippen molar-refractivity contribution in [3.05, 3.63) is 22.6 Å². The van der Waals surface area contributed by atoms with Crippen LogP contribution in [0.1, 0.15) is 62.2 Å². The van der Waals surface area contributed by atoms with Gasteiger partial charge in [-0.2, -0.15) is 0 Å². The number of fused-ring (bicyclic) bond motifs is 5. The van der Waals surface area contributed by atoms with Gasteiger partial charge in [0, 0.05) is 17.3 Å². The molecule has 1 fully saturated rings. The Hall–Kier alpha value is -1.57. The molecule has 26 heavy (non-hydrogen) atoms. The Bertz CT molecular complexity index is 954. The van der Waals surface area contributed by atoms with Gasteiger partial charge in [0.2, 0.25) is 0 Å². The monoisotopic (exact) mass is 371 g/mol. The minimum atomic E-state index is -0.140. The van der Waals surface area contributed by atoms with Crippen LogP contribution in [0.3, 0.4) is 0 Å². The molecule has 1 N–H and O–H groups in total. The molecule has 6 nitrogen and oxygen atoms in total. The summed E-state index contributed by atoms with van der Waals surface area (Å²) in [5, 5.41) is 9.47. The quantitative estimate of drug-likeness (QED) is 0.762. The highest BCUT2D eigenvalue weighted by Gasteiger charge is 2.30. The molecule has 2 aliphatic rings. The summed E-state index contributed by atoms with van der Waals surface area (Å²) in [4.78, 5) is 11.8. The summed E-state index contributed by atoms with van der Waals surface area (Å²) in [6.45, 7) is 5.70. The van der Waals surface area contributed by atoms with Gasteiger partial charge in [0.15, 0.2) is 11.5 Å². The average Bonchev–Trinajstić information content (AvgIpc) is 3.20. The van der Waals surface area contributed by atoms with Crippen molar-refractivity contribution in [2.75, 3.05) is 0 Å². The highest BCUT2D eigenvalue weighted by atomic mass is 32.1. The van der Waals surface area contributed by atoms with Crippen LogP contribution in [-0.4, -0.2) is 31.2 Å². The largest absolute Gasteiger partial charge is 0.370 e. The molecule has 138 valence electrons. The molecule has 0 saturated heterocycles. The fraction of sp³-hybridized carbons (Fsp3) is 0.632. The Balaban J connectivity index is 1.49. The van der Waals surface area contributed by atoms with Crippen LogP contribution in [0.5, 0.6) is 0 Å². The molecule has 0 aromatic carbocycles. The lowest BCUT2D eigenvalue weighted by Gasteiger charge is -2.30. The van der Waals surface area contributed by atoms with E-state index < -0.39 is 0 Å². The second-order valence-corrected chi connectivity index (χ2v) is 9.25. The smallest absolute Gasteiger partial charge is 0.168 e. The molecular weight excluding hydrogens is 346 g/mol. The lowest BCUT2D eigenvalue weighted by molar-refractivity contribution is -0.0379. The molecule has 3 aromatic heterocycles. The normalized spacial score (nSPS) is 20.7. The summed E-state index contributed by atoms with van der Waals surface area (Å²) >= 11 is 1.73. The van der Waals surface area contributed by atoms with Gasteiger partial charge in [0.1, 0.15) is 11.2 Å². The minimum absolute atomic E-state index is 0.140. The first-order valence-corrected chi connectivity index (χ1v) is 10.4. The maximum absolute atomic E-state index is 5.97. The predicted molar refractivity (Wildman–Crippen MR) is 102 cm³/mol. The molecule has 1 saturated carbocycles. The number of nitrogens with one attached hydrogen (secondary N) is 1. The van der Waals surface area contributed by atoms with Gasteiger partial charge in [-0.25, -0.2) is 14.5 Å². The topological polar surface area (TPSA) is 64.3 Å². The molecule has 0 spiro atoms. The Morgan fingerprint density at radius 3 is 3.00 bits per heavy atom. The van der Waals surface area contributed by atoms with E-state index in [4.69, 9.17) is 9.72 Å². The zero-order chi connectivity index (χ0) is 17.7. The van der Waals surface area contributed by atoms with Crippen LogP contribution < -0.4 is 5.32 Å². The van der Waals surface area contributed by atoms with E-state index in [0.717, 1.165) is 29.3 Å². The average molecular weight is 372 g/mol. The SMILES string of the molecule is CC1(C)Cc2c(sc3ncn4nc(CNC5CCCCC5)nc4c23)CO1. The molecule has 0 unspecified atom stereocenters. The molecule has 1 aliphatic heterocycles. The van der Waals surface area contributed by atoms with Gasteiger partial charge in [-0.3, -0.25) is 0 Å². The van der Waals surface area contributed by atoms with Crippen LogP contribution >= 0.6 is 11.3 Å². The second-order valence-electron chi connectivity index (χ2n) is 8.17. The fourth-order valence-corrected chi connectivity index (χ4v) is 5.27. The van der Waals surface area contributed by atoms with Crippen LogP contribution in [0.4, 0.5) is 0 Å². The number of hydrogen-bond donors (Lipinski definition) is 1. The first-order valence-electron chi connectivity index (χ1n) is 9.61. The summed E-state index contributed by atoms with van der Waals surface area (Å²) in [5.41, 5.74) is 2.14. The number of hydrogen-bond acceptors (Lipinski definition) is 6. The molecule has 4 heterocycles. The molecule has 1 aliphatic carbocycles. The van der Waals surface area contributed by atoms with E-state index in [2.05, 4.69) is 29.2 Å². The molecule has 0 amide bonds. The molecular formula is C19H25N5OS. The number of aromatic nitrogens is 4. The zero-order valence-corrected chi connectivity index (χ0v) is 16.2. The molecule has 5 rings (SSSR count). The zero-order valence-electron chi connectivity index (χ0n) is 15.4. The van der Waals surface area contributed by atoms with Crippen molar-refractivity contribution in [2.45, 2.75) is 77.2 Å². The lowest BCUT2D eigenvalue weighted by atomic mass is 9.94. The Morgan fingerprint density at radius 1 is 1.31 bits per heavy atom. The van der Waals surface area contributed by atoms with Crippen LogP contribution in [-0.2, 0) is 24.3 Å². The van der Waals surface area contributed by atoms with Crippen molar-refractivity contribution in [3.63, 3.8) is 0 Å². The molecule has 7 heteroatoms. The molecule has 0 bridgehead atoms. The maximum Gasteiger partial charge on any atom is 0.168 e. The molecule has 0 radical (unpaired) electrons. The summed E-state index contributed by atoms with van der Waals surface area (Å²) in [5.74, 6) is 0.858. The Kier molecular flexibility index (Phi) is 3.99. The van der Waals surface area contributed by atoms with E-state index in [1.807, 2.05) is 4.52 Å². The van der Waals surface area contributed by atoms with Gasteiger partial charge in [-0.1, -0.05) is 19.3 Å². The van der Waals surface area contributed by atoms with E-state index in [1.54, 1.807) is 17.7 Å². The van der Waals surface area contributed by atoms with Crippen LogP contribution in [0, 0.1) is 0 Å². The highest BCUT2D eigenvalue weighted by molar-refractivity contribution is 7.19. The number of nitrogens with zero attached hydrogens (tertiary/aromatic N) is 4. The third-order valence-corrected chi connectivity index (χ3v) is 6.72. The van der Waals surface area contributed by atoms with Crippen molar-refractivity contribution in [3.8, 4) is 0 Å². The first-order chi connectivity index (χ1) is 12.6. The molecule has 0 atom stereocenters.